The van der Waals surface area contributed by atoms with Crippen LogP contribution in [0.2, 0.25) is 0 Å². The molecule has 0 bridgehead atoms. The summed E-state index contributed by atoms with van der Waals surface area (Å²) in [5, 5.41) is 21.0. The molecular formula is C10H14O4S. The number of esters is 1. The number of aryl methyl sites for hydroxylation is 1. The Bertz CT molecular complexity index is 334. The molecule has 1 rings (SSSR count). The molecular weight excluding hydrogens is 216 g/mol. The maximum Gasteiger partial charge on any atom is 0.338 e. The largest absolute Gasteiger partial charge is 0.464 e. The smallest absolute Gasteiger partial charge is 0.338 e. The number of carbonyl (C=O) groups is 1. The van der Waals surface area contributed by atoms with Gasteiger partial charge in [0.05, 0.1) is 6.61 Å². The van der Waals surface area contributed by atoms with Gasteiger partial charge in [0, 0.05) is 4.88 Å². The van der Waals surface area contributed by atoms with E-state index >= 15 is 0 Å². The lowest BCUT2D eigenvalue weighted by Crippen LogP contribution is -2.29. The second-order valence-corrected chi connectivity index (χ2v) is 4.06. The zero-order valence-electron chi connectivity index (χ0n) is 8.64. The van der Waals surface area contributed by atoms with Crippen LogP contribution in [-0.2, 0) is 9.53 Å². The third kappa shape index (κ3) is 2.77. The summed E-state index contributed by atoms with van der Waals surface area (Å²) in [5.41, 5.74) is 0.857. The zero-order valence-corrected chi connectivity index (χ0v) is 9.45. The molecule has 1 aromatic heterocycles. The average molecular weight is 230 g/mol. The van der Waals surface area contributed by atoms with E-state index in [2.05, 4.69) is 4.74 Å². The van der Waals surface area contributed by atoms with Gasteiger partial charge in [-0.25, -0.2) is 4.79 Å². The molecule has 0 aliphatic rings. The SMILES string of the molecule is CCOC(=O)C(O)C(O)c1sccc1C. The highest BCUT2D eigenvalue weighted by atomic mass is 32.1. The Morgan fingerprint density at radius 2 is 2.27 bits per heavy atom. The van der Waals surface area contributed by atoms with Crippen molar-refractivity contribution in [3.05, 3.63) is 21.9 Å². The summed E-state index contributed by atoms with van der Waals surface area (Å²) in [6.45, 7) is 3.65. The van der Waals surface area contributed by atoms with Gasteiger partial charge < -0.3 is 14.9 Å². The average Bonchev–Trinajstić information content (AvgIpc) is 2.62. The van der Waals surface area contributed by atoms with Crippen molar-refractivity contribution in [3.63, 3.8) is 0 Å². The first-order valence-electron chi connectivity index (χ1n) is 4.64. The topological polar surface area (TPSA) is 66.8 Å². The van der Waals surface area contributed by atoms with Gasteiger partial charge in [-0.2, -0.15) is 0 Å². The van der Waals surface area contributed by atoms with Crippen molar-refractivity contribution in [3.8, 4) is 0 Å². The molecule has 1 heterocycles. The maximum absolute atomic E-state index is 11.2. The fourth-order valence-electron chi connectivity index (χ4n) is 1.19. The van der Waals surface area contributed by atoms with Crippen LogP contribution in [0.4, 0.5) is 0 Å². The third-order valence-corrected chi connectivity index (χ3v) is 3.09. The molecule has 2 N–H and O–H groups in total. The van der Waals surface area contributed by atoms with Crippen LogP contribution in [0.5, 0.6) is 0 Å². The van der Waals surface area contributed by atoms with Crippen LogP contribution < -0.4 is 0 Å². The number of aliphatic hydroxyl groups is 2. The third-order valence-electron chi connectivity index (χ3n) is 2.00. The molecule has 0 amide bonds. The van der Waals surface area contributed by atoms with Crippen molar-refractivity contribution < 1.29 is 19.7 Å². The normalized spacial score (nSPS) is 14.7. The van der Waals surface area contributed by atoms with Crippen LogP contribution in [0.3, 0.4) is 0 Å². The predicted octanol–water partition coefficient (Wildman–Crippen LogP) is 1.01. The Morgan fingerprint density at radius 1 is 1.60 bits per heavy atom. The fraction of sp³-hybridized carbons (Fsp3) is 0.500. The van der Waals surface area contributed by atoms with Crippen LogP contribution in [-0.4, -0.2) is 28.9 Å². The monoisotopic (exact) mass is 230 g/mol. The molecule has 0 aliphatic heterocycles. The van der Waals surface area contributed by atoms with Gasteiger partial charge in [0.2, 0.25) is 0 Å². The number of aliphatic hydroxyl groups excluding tert-OH is 2. The first kappa shape index (κ1) is 12.2. The first-order chi connectivity index (χ1) is 7.07. The number of hydrogen-bond acceptors (Lipinski definition) is 5. The molecule has 2 atom stereocenters. The quantitative estimate of drug-likeness (QED) is 0.758. The number of ether oxygens (including phenoxy) is 1. The number of hydrogen-bond donors (Lipinski definition) is 2. The van der Waals surface area contributed by atoms with Crippen molar-refractivity contribution >= 4 is 17.3 Å². The molecule has 0 saturated carbocycles. The number of thiophene rings is 1. The van der Waals surface area contributed by atoms with E-state index in [-0.39, 0.29) is 6.61 Å². The summed E-state index contributed by atoms with van der Waals surface area (Å²) in [4.78, 5) is 11.8. The highest BCUT2D eigenvalue weighted by molar-refractivity contribution is 7.10. The molecule has 0 fully saturated rings. The fourth-order valence-corrected chi connectivity index (χ4v) is 2.13. The Hall–Kier alpha value is -0.910. The van der Waals surface area contributed by atoms with Crippen LogP contribution in [0.1, 0.15) is 23.5 Å². The second-order valence-electron chi connectivity index (χ2n) is 3.11. The minimum Gasteiger partial charge on any atom is -0.464 e. The number of carbonyl (C=O) groups excluding carboxylic acids is 1. The lowest BCUT2D eigenvalue weighted by molar-refractivity contribution is -0.159. The molecule has 0 saturated heterocycles. The van der Waals surface area contributed by atoms with E-state index < -0.39 is 18.2 Å². The van der Waals surface area contributed by atoms with Gasteiger partial charge in [-0.1, -0.05) is 0 Å². The maximum atomic E-state index is 11.2. The minimum absolute atomic E-state index is 0.187. The highest BCUT2D eigenvalue weighted by Gasteiger charge is 2.28. The van der Waals surface area contributed by atoms with Gasteiger partial charge in [0.1, 0.15) is 6.10 Å². The van der Waals surface area contributed by atoms with Crippen LogP contribution in [0.25, 0.3) is 0 Å². The molecule has 84 valence electrons. The first-order valence-corrected chi connectivity index (χ1v) is 5.52. The van der Waals surface area contributed by atoms with Gasteiger partial charge in [0.25, 0.3) is 0 Å². The number of rotatable bonds is 4. The van der Waals surface area contributed by atoms with Gasteiger partial charge in [-0.05, 0) is 30.9 Å². The van der Waals surface area contributed by atoms with Crippen molar-refractivity contribution in [1.82, 2.24) is 0 Å². The van der Waals surface area contributed by atoms with Crippen molar-refractivity contribution in [2.24, 2.45) is 0 Å². The van der Waals surface area contributed by atoms with Gasteiger partial charge in [-0.15, -0.1) is 11.3 Å². The van der Waals surface area contributed by atoms with Crippen molar-refractivity contribution in [2.45, 2.75) is 26.1 Å². The predicted molar refractivity (Wildman–Crippen MR) is 56.7 cm³/mol. The summed E-state index contributed by atoms with van der Waals surface area (Å²) >= 11 is 1.30. The van der Waals surface area contributed by atoms with E-state index in [9.17, 15) is 15.0 Å². The zero-order chi connectivity index (χ0) is 11.4. The minimum atomic E-state index is -1.51. The molecule has 0 aliphatic carbocycles. The van der Waals surface area contributed by atoms with Crippen LogP contribution in [0, 0.1) is 6.92 Å². The Kier molecular flexibility index (Phi) is 4.26. The lowest BCUT2D eigenvalue weighted by atomic mass is 10.1. The summed E-state index contributed by atoms with van der Waals surface area (Å²) in [6.07, 6.45) is -2.72. The van der Waals surface area contributed by atoms with Gasteiger partial charge in [0.15, 0.2) is 6.10 Å². The molecule has 2 unspecified atom stereocenters. The van der Waals surface area contributed by atoms with E-state index in [0.717, 1.165) is 5.56 Å². The van der Waals surface area contributed by atoms with Crippen LogP contribution in [0.15, 0.2) is 11.4 Å². The van der Waals surface area contributed by atoms with E-state index in [0.29, 0.717) is 4.88 Å². The highest BCUT2D eigenvalue weighted by Crippen LogP contribution is 2.26. The van der Waals surface area contributed by atoms with Gasteiger partial charge in [-0.3, -0.25) is 0 Å². The molecule has 0 radical (unpaired) electrons. The molecule has 1 aromatic rings. The summed E-state index contributed by atoms with van der Waals surface area (Å²) in [5.74, 6) is -0.794. The Balaban J connectivity index is 2.72. The van der Waals surface area contributed by atoms with E-state index in [1.807, 2.05) is 13.0 Å². The molecule has 0 spiro atoms. The summed E-state index contributed by atoms with van der Waals surface area (Å²) < 4.78 is 4.62. The Labute approximate surface area is 92.1 Å². The second kappa shape index (κ2) is 5.25. The van der Waals surface area contributed by atoms with Crippen LogP contribution >= 0.6 is 11.3 Å². The lowest BCUT2D eigenvalue weighted by Gasteiger charge is -2.15. The van der Waals surface area contributed by atoms with Crippen molar-refractivity contribution in [2.75, 3.05) is 6.61 Å². The summed E-state index contributed by atoms with van der Waals surface area (Å²) in [6, 6.07) is 1.82. The molecule has 0 aromatic carbocycles. The van der Waals surface area contributed by atoms with Crippen molar-refractivity contribution in [1.29, 1.82) is 0 Å². The molecule has 4 nitrogen and oxygen atoms in total. The molecule has 15 heavy (non-hydrogen) atoms. The van der Waals surface area contributed by atoms with E-state index in [1.165, 1.54) is 11.3 Å². The summed E-state index contributed by atoms with van der Waals surface area (Å²) in [7, 11) is 0. The Morgan fingerprint density at radius 3 is 2.73 bits per heavy atom. The van der Waals surface area contributed by atoms with E-state index in [4.69, 9.17) is 0 Å². The van der Waals surface area contributed by atoms with E-state index in [1.54, 1.807) is 12.3 Å². The molecule has 5 heteroatoms. The van der Waals surface area contributed by atoms with Gasteiger partial charge >= 0.3 is 5.97 Å². The standard InChI is InChI=1S/C10H14O4S/c1-3-14-10(13)8(12)7(11)9-6(2)4-5-15-9/h4-5,7-8,11-12H,3H2,1-2H3.